The van der Waals surface area contributed by atoms with Crippen LogP contribution in [-0.4, -0.2) is 16.8 Å². The Labute approximate surface area is 122 Å². The maximum Gasteiger partial charge on any atom is 0.255 e. The lowest BCUT2D eigenvalue weighted by molar-refractivity contribution is -0.117. The van der Waals surface area contributed by atoms with Crippen molar-refractivity contribution >= 4 is 23.2 Å². The number of pyridine rings is 1. The Balaban J connectivity index is 1.68. The molecule has 0 aliphatic heterocycles. The minimum absolute atomic E-state index is 0.0487. The number of benzene rings is 1. The van der Waals surface area contributed by atoms with E-state index in [9.17, 15) is 9.59 Å². The van der Waals surface area contributed by atoms with Crippen molar-refractivity contribution in [1.29, 1.82) is 0 Å². The first-order valence-corrected chi connectivity index (χ1v) is 6.85. The van der Waals surface area contributed by atoms with Gasteiger partial charge in [0.1, 0.15) is 0 Å². The molecule has 5 heteroatoms. The predicted molar refractivity (Wildman–Crippen MR) is 80.0 cm³/mol. The number of carbonyl (C=O) groups excluding carboxylic acids is 2. The van der Waals surface area contributed by atoms with Gasteiger partial charge >= 0.3 is 0 Å². The van der Waals surface area contributed by atoms with Gasteiger partial charge in [0.05, 0.1) is 0 Å². The first-order valence-electron chi connectivity index (χ1n) is 6.85. The molecule has 1 aromatic carbocycles. The number of hydrogen-bond donors (Lipinski definition) is 2. The molecule has 1 aliphatic rings. The molecule has 1 fully saturated rings. The van der Waals surface area contributed by atoms with E-state index in [0.717, 1.165) is 12.8 Å². The van der Waals surface area contributed by atoms with Crippen LogP contribution in [0.4, 0.5) is 11.4 Å². The third-order valence-corrected chi connectivity index (χ3v) is 3.28. The van der Waals surface area contributed by atoms with Gasteiger partial charge in [-0.1, -0.05) is 6.07 Å². The first kappa shape index (κ1) is 13.3. The lowest BCUT2D eigenvalue weighted by atomic mass is 10.2. The highest BCUT2D eigenvalue weighted by atomic mass is 16.2. The molecule has 3 rings (SSSR count). The topological polar surface area (TPSA) is 71.1 Å². The van der Waals surface area contributed by atoms with Crippen molar-refractivity contribution in [3.63, 3.8) is 0 Å². The summed E-state index contributed by atoms with van der Waals surface area (Å²) in [5, 5.41) is 5.66. The van der Waals surface area contributed by atoms with E-state index in [1.54, 1.807) is 42.7 Å². The number of nitrogens with one attached hydrogen (secondary N) is 2. The number of aromatic nitrogens is 1. The van der Waals surface area contributed by atoms with Crippen LogP contribution in [-0.2, 0) is 4.79 Å². The average Bonchev–Trinajstić information content (AvgIpc) is 3.33. The van der Waals surface area contributed by atoms with Gasteiger partial charge in [0.15, 0.2) is 0 Å². The van der Waals surface area contributed by atoms with Crippen molar-refractivity contribution in [2.24, 2.45) is 5.92 Å². The van der Waals surface area contributed by atoms with E-state index in [2.05, 4.69) is 15.6 Å². The molecule has 2 amide bonds. The summed E-state index contributed by atoms with van der Waals surface area (Å²) in [6, 6.07) is 10.4. The summed E-state index contributed by atoms with van der Waals surface area (Å²) in [6.07, 6.45) is 5.07. The van der Waals surface area contributed by atoms with Gasteiger partial charge in [-0.3, -0.25) is 14.6 Å². The fourth-order valence-electron chi connectivity index (χ4n) is 1.97. The minimum Gasteiger partial charge on any atom is -0.326 e. The summed E-state index contributed by atoms with van der Waals surface area (Å²) in [5.74, 6) is -0.00394. The summed E-state index contributed by atoms with van der Waals surface area (Å²) in [7, 11) is 0. The normalized spacial score (nSPS) is 13.5. The second kappa shape index (κ2) is 5.75. The molecule has 2 N–H and O–H groups in total. The maximum atomic E-state index is 12.0. The van der Waals surface area contributed by atoms with E-state index in [4.69, 9.17) is 0 Å². The van der Waals surface area contributed by atoms with Crippen LogP contribution in [0.3, 0.4) is 0 Å². The van der Waals surface area contributed by atoms with Crippen molar-refractivity contribution in [1.82, 2.24) is 4.98 Å². The molecule has 0 bridgehead atoms. The largest absolute Gasteiger partial charge is 0.326 e. The van der Waals surface area contributed by atoms with Crippen LogP contribution in [0.1, 0.15) is 23.2 Å². The Kier molecular flexibility index (Phi) is 3.64. The highest BCUT2D eigenvalue weighted by Gasteiger charge is 2.29. The first-order chi connectivity index (χ1) is 10.2. The molecule has 1 saturated carbocycles. The second-order valence-corrected chi connectivity index (χ2v) is 5.03. The van der Waals surface area contributed by atoms with Crippen molar-refractivity contribution in [3.8, 4) is 0 Å². The summed E-state index contributed by atoms with van der Waals surface area (Å²) in [4.78, 5) is 27.6. The molecule has 0 unspecified atom stereocenters. The summed E-state index contributed by atoms with van der Waals surface area (Å²) < 4.78 is 0. The van der Waals surface area contributed by atoms with Crippen LogP contribution in [0.2, 0.25) is 0 Å². The SMILES string of the molecule is O=C(Nc1cccc(NC(=O)C2CC2)c1)c1ccncc1. The minimum atomic E-state index is -0.205. The van der Waals surface area contributed by atoms with Gasteiger partial charge in [-0.05, 0) is 43.2 Å². The molecule has 5 nitrogen and oxygen atoms in total. The lowest BCUT2D eigenvalue weighted by Gasteiger charge is -2.08. The molecule has 0 atom stereocenters. The van der Waals surface area contributed by atoms with Crippen LogP contribution in [0.5, 0.6) is 0 Å². The van der Waals surface area contributed by atoms with Gasteiger partial charge in [-0.15, -0.1) is 0 Å². The number of anilines is 2. The Bertz CT molecular complexity index is 666. The lowest BCUT2D eigenvalue weighted by Crippen LogP contribution is -2.14. The third kappa shape index (κ3) is 3.45. The number of amides is 2. The van der Waals surface area contributed by atoms with E-state index >= 15 is 0 Å². The van der Waals surface area contributed by atoms with E-state index in [1.165, 1.54) is 0 Å². The van der Waals surface area contributed by atoms with Gasteiger partial charge in [0.25, 0.3) is 5.91 Å². The zero-order valence-corrected chi connectivity index (χ0v) is 11.4. The van der Waals surface area contributed by atoms with Gasteiger partial charge < -0.3 is 10.6 Å². The molecular weight excluding hydrogens is 266 g/mol. The van der Waals surface area contributed by atoms with Crippen molar-refractivity contribution < 1.29 is 9.59 Å². The van der Waals surface area contributed by atoms with Gasteiger partial charge in [0, 0.05) is 35.2 Å². The fraction of sp³-hybridized carbons (Fsp3) is 0.188. The molecular formula is C16H15N3O2. The fourth-order valence-corrected chi connectivity index (χ4v) is 1.97. The predicted octanol–water partition coefficient (Wildman–Crippen LogP) is 2.68. The second-order valence-electron chi connectivity index (χ2n) is 5.03. The van der Waals surface area contributed by atoms with Gasteiger partial charge in [-0.25, -0.2) is 0 Å². The van der Waals surface area contributed by atoms with Crippen molar-refractivity contribution in [3.05, 3.63) is 54.4 Å². The van der Waals surface area contributed by atoms with Crippen LogP contribution < -0.4 is 10.6 Å². The summed E-state index contributed by atoms with van der Waals surface area (Å²) in [5.41, 5.74) is 1.88. The smallest absolute Gasteiger partial charge is 0.255 e. The molecule has 1 heterocycles. The monoisotopic (exact) mass is 281 g/mol. The average molecular weight is 281 g/mol. The van der Waals surface area contributed by atoms with E-state index in [-0.39, 0.29) is 17.7 Å². The molecule has 2 aromatic rings. The Morgan fingerprint density at radius 2 is 1.67 bits per heavy atom. The zero-order chi connectivity index (χ0) is 14.7. The standard InChI is InChI=1S/C16H15N3O2/c20-15(11-4-5-11)18-13-2-1-3-14(10-13)19-16(21)12-6-8-17-9-7-12/h1-3,6-11H,4-5H2,(H,18,20)(H,19,21). The van der Waals surface area contributed by atoms with Gasteiger partial charge in [-0.2, -0.15) is 0 Å². The number of rotatable bonds is 4. The third-order valence-electron chi connectivity index (χ3n) is 3.28. The highest BCUT2D eigenvalue weighted by Crippen LogP contribution is 2.30. The molecule has 1 aromatic heterocycles. The number of carbonyl (C=O) groups is 2. The molecule has 0 radical (unpaired) electrons. The Morgan fingerprint density at radius 3 is 2.33 bits per heavy atom. The summed E-state index contributed by atoms with van der Waals surface area (Å²) in [6.45, 7) is 0. The molecule has 106 valence electrons. The molecule has 0 saturated heterocycles. The Hall–Kier alpha value is -2.69. The molecule has 21 heavy (non-hydrogen) atoms. The van der Waals surface area contributed by atoms with Crippen LogP contribution in [0, 0.1) is 5.92 Å². The van der Waals surface area contributed by atoms with Gasteiger partial charge in [0.2, 0.25) is 5.91 Å². The zero-order valence-electron chi connectivity index (χ0n) is 11.4. The van der Waals surface area contributed by atoms with Crippen molar-refractivity contribution in [2.45, 2.75) is 12.8 Å². The van der Waals surface area contributed by atoms with Crippen LogP contribution in [0.15, 0.2) is 48.8 Å². The van der Waals surface area contributed by atoms with Crippen LogP contribution >= 0.6 is 0 Å². The quantitative estimate of drug-likeness (QED) is 0.905. The van der Waals surface area contributed by atoms with Crippen LogP contribution in [0.25, 0.3) is 0 Å². The van der Waals surface area contributed by atoms with E-state index < -0.39 is 0 Å². The van der Waals surface area contributed by atoms with Crippen molar-refractivity contribution in [2.75, 3.05) is 10.6 Å². The maximum absolute atomic E-state index is 12.0. The number of nitrogens with zero attached hydrogens (tertiary/aromatic N) is 1. The Morgan fingerprint density at radius 1 is 1.00 bits per heavy atom. The summed E-state index contributed by atoms with van der Waals surface area (Å²) >= 11 is 0. The molecule has 1 aliphatic carbocycles. The highest BCUT2D eigenvalue weighted by molar-refractivity contribution is 6.04. The van der Waals surface area contributed by atoms with E-state index in [0.29, 0.717) is 16.9 Å². The number of hydrogen-bond acceptors (Lipinski definition) is 3. The van der Waals surface area contributed by atoms with E-state index in [1.807, 2.05) is 6.07 Å². The molecule has 0 spiro atoms.